The number of carbonyl (C=O) groups excluding carboxylic acids is 3. The number of amides is 2. The molecule has 1 aliphatic heterocycles. The normalized spacial score (nSPS) is 12.9. The van der Waals surface area contributed by atoms with Crippen molar-refractivity contribution in [2.24, 2.45) is 0 Å². The molecule has 5 rings (SSSR count). The lowest BCUT2D eigenvalue weighted by Gasteiger charge is -2.29. The first kappa shape index (κ1) is 21.4. The van der Waals surface area contributed by atoms with E-state index in [4.69, 9.17) is 0 Å². The zero-order valence-electron chi connectivity index (χ0n) is 18.3. The van der Waals surface area contributed by atoms with Crippen LogP contribution in [0, 0.1) is 5.82 Å². The molecule has 0 fully saturated rings. The third-order valence-corrected chi connectivity index (χ3v) is 5.93. The van der Waals surface area contributed by atoms with E-state index in [0.29, 0.717) is 47.4 Å². The molecule has 2 amide bonds. The van der Waals surface area contributed by atoms with Crippen LogP contribution in [0.15, 0.2) is 54.6 Å². The second-order valence-corrected chi connectivity index (χ2v) is 8.19. The number of ketones is 1. The number of H-pyrrole nitrogens is 1. The van der Waals surface area contributed by atoms with Gasteiger partial charge in [0.1, 0.15) is 16.9 Å². The molecule has 0 atom stereocenters. The molecule has 170 valence electrons. The van der Waals surface area contributed by atoms with E-state index in [1.165, 1.54) is 19.1 Å². The Bertz CT molecular complexity index is 1460. The molecule has 0 saturated carbocycles. The van der Waals surface area contributed by atoms with E-state index < -0.39 is 11.6 Å². The van der Waals surface area contributed by atoms with Crippen LogP contribution in [0.25, 0.3) is 11.0 Å². The Balaban J connectivity index is 1.34. The van der Waals surface area contributed by atoms with Crippen LogP contribution in [-0.4, -0.2) is 44.5 Å². The SMILES string of the molecule is CC(=O)c1cc(NC(=O)c2ccc3c(c2)CN(C(=O)c2ccc4n[nH]nc4c2)CC3)ccc1F. The molecular weight excluding hydrogens is 437 g/mol. The Hall–Kier alpha value is -4.40. The average Bonchev–Trinajstić information content (AvgIpc) is 3.32. The van der Waals surface area contributed by atoms with Crippen molar-refractivity contribution in [3.63, 3.8) is 0 Å². The molecule has 3 aromatic carbocycles. The fourth-order valence-electron chi connectivity index (χ4n) is 4.10. The van der Waals surface area contributed by atoms with Gasteiger partial charge in [0.2, 0.25) is 0 Å². The van der Waals surface area contributed by atoms with Crippen molar-refractivity contribution in [3.05, 3.63) is 88.2 Å². The van der Waals surface area contributed by atoms with Crippen LogP contribution in [0.1, 0.15) is 49.1 Å². The maximum absolute atomic E-state index is 13.8. The Labute approximate surface area is 193 Å². The number of carbonyl (C=O) groups is 3. The van der Waals surface area contributed by atoms with Crippen molar-refractivity contribution in [2.75, 3.05) is 11.9 Å². The quantitative estimate of drug-likeness (QED) is 0.454. The van der Waals surface area contributed by atoms with Crippen molar-refractivity contribution in [1.29, 1.82) is 0 Å². The van der Waals surface area contributed by atoms with E-state index in [9.17, 15) is 18.8 Å². The van der Waals surface area contributed by atoms with Crippen molar-refractivity contribution in [2.45, 2.75) is 19.9 Å². The number of halogens is 1. The highest BCUT2D eigenvalue weighted by Crippen LogP contribution is 2.24. The van der Waals surface area contributed by atoms with Crippen molar-refractivity contribution >= 4 is 34.3 Å². The summed E-state index contributed by atoms with van der Waals surface area (Å²) in [4.78, 5) is 39.2. The molecule has 1 aliphatic rings. The number of benzene rings is 3. The minimum absolute atomic E-state index is 0.0822. The Kier molecular flexibility index (Phi) is 5.37. The van der Waals surface area contributed by atoms with Gasteiger partial charge in [0.05, 0.1) is 5.56 Å². The predicted molar refractivity (Wildman–Crippen MR) is 123 cm³/mol. The number of anilines is 1. The summed E-state index contributed by atoms with van der Waals surface area (Å²) in [5.41, 5.74) is 4.45. The van der Waals surface area contributed by atoms with Gasteiger partial charge in [-0.15, -0.1) is 0 Å². The first-order valence-electron chi connectivity index (χ1n) is 10.7. The lowest BCUT2D eigenvalue weighted by Crippen LogP contribution is -2.36. The van der Waals surface area contributed by atoms with Gasteiger partial charge in [0.25, 0.3) is 11.8 Å². The van der Waals surface area contributed by atoms with Crippen LogP contribution in [0.2, 0.25) is 0 Å². The molecule has 8 nitrogen and oxygen atoms in total. The van der Waals surface area contributed by atoms with Crippen LogP contribution in [-0.2, 0) is 13.0 Å². The Morgan fingerprint density at radius 3 is 2.56 bits per heavy atom. The average molecular weight is 457 g/mol. The molecule has 2 N–H and O–H groups in total. The number of aromatic nitrogens is 3. The Morgan fingerprint density at radius 1 is 0.941 bits per heavy atom. The summed E-state index contributed by atoms with van der Waals surface area (Å²) in [6, 6.07) is 14.4. The molecule has 0 aliphatic carbocycles. The van der Waals surface area contributed by atoms with Gasteiger partial charge in [-0.2, -0.15) is 15.4 Å². The molecule has 0 bridgehead atoms. The lowest BCUT2D eigenvalue weighted by molar-refractivity contribution is 0.0734. The first-order chi connectivity index (χ1) is 16.4. The second kappa shape index (κ2) is 8.51. The van der Waals surface area contributed by atoms with Crippen LogP contribution in [0.3, 0.4) is 0 Å². The van der Waals surface area contributed by atoms with Crippen LogP contribution in [0.4, 0.5) is 10.1 Å². The van der Waals surface area contributed by atoms with E-state index in [0.717, 1.165) is 17.2 Å². The molecule has 0 unspecified atom stereocenters. The van der Waals surface area contributed by atoms with Crippen molar-refractivity contribution < 1.29 is 18.8 Å². The van der Waals surface area contributed by atoms with Gasteiger partial charge in [-0.1, -0.05) is 6.07 Å². The predicted octanol–water partition coefficient (Wildman–Crippen LogP) is 3.75. The van der Waals surface area contributed by atoms with Crippen LogP contribution < -0.4 is 5.32 Å². The van der Waals surface area contributed by atoms with E-state index >= 15 is 0 Å². The lowest BCUT2D eigenvalue weighted by atomic mass is 9.96. The molecule has 0 radical (unpaired) electrons. The van der Waals surface area contributed by atoms with Gasteiger partial charge >= 0.3 is 0 Å². The second-order valence-electron chi connectivity index (χ2n) is 8.19. The summed E-state index contributed by atoms with van der Waals surface area (Å²) >= 11 is 0. The number of Topliss-reactive ketones (excluding diaryl/α,β-unsaturated/α-hetero) is 1. The highest BCUT2D eigenvalue weighted by atomic mass is 19.1. The summed E-state index contributed by atoms with van der Waals surface area (Å²) in [6.45, 7) is 2.21. The highest BCUT2D eigenvalue weighted by Gasteiger charge is 2.23. The van der Waals surface area contributed by atoms with E-state index in [1.807, 2.05) is 6.07 Å². The number of rotatable bonds is 4. The maximum Gasteiger partial charge on any atom is 0.255 e. The van der Waals surface area contributed by atoms with Gasteiger partial charge < -0.3 is 10.2 Å². The molecule has 1 aromatic heterocycles. The third-order valence-electron chi connectivity index (χ3n) is 5.93. The number of hydrogen-bond donors (Lipinski definition) is 2. The van der Waals surface area contributed by atoms with Gasteiger partial charge in [0, 0.05) is 29.9 Å². The topological polar surface area (TPSA) is 108 Å². The molecule has 0 spiro atoms. The summed E-state index contributed by atoms with van der Waals surface area (Å²) in [5, 5.41) is 13.3. The van der Waals surface area contributed by atoms with Crippen molar-refractivity contribution in [3.8, 4) is 0 Å². The number of aromatic amines is 1. The van der Waals surface area contributed by atoms with Crippen LogP contribution >= 0.6 is 0 Å². The zero-order chi connectivity index (χ0) is 23.8. The van der Waals surface area contributed by atoms with E-state index in [2.05, 4.69) is 20.7 Å². The molecule has 0 saturated heterocycles. The van der Waals surface area contributed by atoms with Crippen molar-refractivity contribution in [1.82, 2.24) is 20.3 Å². The number of nitrogens with one attached hydrogen (secondary N) is 2. The number of nitrogens with zero attached hydrogens (tertiary/aromatic N) is 3. The summed E-state index contributed by atoms with van der Waals surface area (Å²) in [5.74, 6) is -1.56. The standard InChI is InChI=1S/C25H20FN5O3/c1-14(32)20-12-19(5-6-21(20)26)27-24(33)16-3-2-15-8-9-31(13-18(15)10-16)25(34)17-4-7-22-23(11-17)29-30-28-22/h2-7,10-12H,8-9,13H2,1H3,(H,27,33)(H,28,29,30). The fraction of sp³-hybridized carbons (Fsp3) is 0.160. The molecule has 34 heavy (non-hydrogen) atoms. The first-order valence-corrected chi connectivity index (χ1v) is 10.7. The number of fused-ring (bicyclic) bond motifs is 2. The fourth-order valence-corrected chi connectivity index (χ4v) is 4.10. The molecular formula is C25H20FN5O3. The molecule has 9 heteroatoms. The maximum atomic E-state index is 13.8. The zero-order valence-corrected chi connectivity index (χ0v) is 18.3. The third kappa shape index (κ3) is 4.03. The molecule has 4 aromatic rings. The monoisotopic (exact) mass is 457 g/mol. The highest BCUT2D eigenvalue weighted by molar-refractivity contribution is 6.05. The minimum Gasteiger partial charge on any atom is -0.334 e. The van der Waals surface area contributed by atoms with Gasteiger partial charge in [-0.25, -0.2) is 4.39 Å². The summed E-state index contributed by atoms with van der Waals surface area (Å²) in [7, 11) is 0. The smallest absolute Gasteiger partial charge is 0.255 e. The van der Waals surface area contributed by atoms with E-state index in [1.54, 1.807) is 35.2 Å². The Morgan fingerprint density at radius 2 is 1.74 bits per heavy atom. The van der Waals surface area contributed by atoms with Gasteiger partial charge in [-0.05, 0) is 73.0 Å². The minimum atomic E-state index is -0.633. The largest absolute Gasteiger partial charge is 0.334 e. The van der Waals surface area contributed by atoms with E-state index in [-0.39, 0.29) is 17.4 Å². The summed E-state index contributed by atoms with van der Waals surface area (Å²) < 4.78 is 13.8. The number of hydrogen-bond acceptors (Lipinski definition) is 5. The van der Waals surface area contributed by atoms with Crippen LogP contribution in [0.5, 0.6) is 0 Å². The van der Waals surface area contributed by atoms with Gasteiger partial charge in [0.15, 0.2) is 5.78 Å². The summed E-state index contributed by atoms with van der Waals surface area (Å²) in [6.07, 6.45) is 0.676. The molecule has 2 heterocycles. The van der Waals surface area contributed by atoms with Gasteiger partial charge in [-0.3, -0.25) is 14.4 Å².